The van der Waals surface area contributed by atoms with Gasteiger partial charge in [0, 0.05) is 18.3 Å². The molecule has 3 saturated carbocycles. The van der Waals surface area contributed by atoms with E-state index in [4.69, 9.17) is 18.9 Å². The summed E-state index contributed by atoms with van der Waals surface area (Å²) in [5, 5.41) is 10.4. The Kier molecular flexibility index (Phi) is 8.56. The maximum Gasteiger partial charge on any atom is 0.508 e. The largest absolute Gasteiger partial charge is 0.508 e. The van der Waals surface area contributed by atoms with Crippen molar-refractivity contribution in [2.24, 2.45) is 40.4 Å². The molecular weight excluding hydrogens is 484 g/mol. The van der Waals surface area contributed by atoms with Crippen LogP contribution in [0.15, 0.2) is 23.3 Å². The topological polar surface area (TPSA) is 91.3 Å². The zero-order chi connectivity index (χ0) is 27.8. The molecule has 7 nitrogen and oxygen atoms in total. The summed E-state index contributed by atoms with van der Waals surface area (Å²) in [5.74, 6) is 2.28. The van der Waals surface area contributed by atoms with Gasteiger partial charge in [-0.2, -0.15) is 0 Å². The molecule has 7 heteroatoms. The van der Waals surface area contributed by atoms with Gasteiger partial charge in [-0.05, 0) is 73.5 Å². The fourth-order valence-corrected chi connectivity index (χ4v) is 8.56. The van der Waals surface area contributed by atoms with Crippen LogP contribution in [0.3, 0.4) is 0 Å². The first-order chi connectivity index (χ1) is 17.9. The third-order valence-corrected chi connectivity index (χ3v) is 10.9. The molecule has 4 aliphatic rings. The number of aliphatic hydroxyl groups excluding tert-OH is 1. The number of carbonyl (C=O) groups excluding carboxylic acids is 2. The molecule has 0 spiro atoms. The number of ether oxygens (including phenoxy) is 4. The molecule has 1 N–H and O–H groups in total. The zero-order valence-corrected chi connectivity index (χ0v) is 24.3. The molecule has 0 amide bonds. The maximum atomic E-state index is 12.3. The molecule has 0 aromatic rings. The van der Waals surface area contributed by atoms with E-state index in [1.54, 1.807) is 0 Å². The summed E-state index contributed by atoms with van der Waals surface area (Å²) in [6.07, 6.45) is 9.52. The van der Waals surface area contributed by atoms with E-state index in [1.807, 2.05) is 0 Å². The molecule has 1 unspecified atom stereocenters. The van der Waals surface area contributed by atoms with Gasteiger partial charge in [0.1, 0.15) is 12.2 Å². The summed E-state index contributed by atoms with van der Waals surface area (Å²) in [6.45, 7) is 11.3. The van der Waals surface area contributed by atoms with Gasteiger partial charge in [-0.1, -0.05) is 57.9 Å². The number of hydrogen-bond donors (Lipinski definition) is 1. The Morgan fingerprint density at radius 2 is 1.66 bits per heavy atom. The summed E-state index contributed by atoms with van der Waals surface area (Å²) in [5.41, 5.74) is 2.51. The minimum absolute atomic E-state index is 0.229. The van der Waals surface area contributed by atoms with Crippen LogP contribution in [0.25, 0.3) is 0 Å². The number of allylic oxidation sites excluding steroid dienone is 3. The molecule has 0 aromatic heterocycles. The van der Waals surface area contributed by atoms with Gasteiger partial charge >= 0.3 is 12.3 Å². The molecule has 4 aliphatic carbocycles. The number of carbonyl (C=O) groups is 2. The van der Waals surface area contributed by atoms with Crippen LogP contribution in [0.4, 0.5) is 9.59 Å². The highest BCUT2D eigenvalue weighted by Gasteiger charge is 2.60. The van der Waals surface area contributed by atoms with Crippen LogP contribution < -0.4 is 0 Å². The minimum atomic E-state index is -0.719. The zero-order valence-electron chi connectivity index (χ0n) is 24.3. The van der Waals surface area contributed by atoms with Crippen LogP contribution in [0, 0.1) is 40.4 Å². The molecule has 0 bridgehead atoms. The van der Waals surface area contributed by atoms with Gasteiger partial charge in [0.25, 0.3) is 0 Å². The van der Waals surface area contributed by atoms with Crippen LogP contribution in [-0.2, 0) is 18.9 Å². The van der Waals surface area contributed by atoms with E-state index in [-0.39, 0.29) is 22.9 Å². The van der Waals surface area contributed by atoms with Crippen molar-refractivity contribution in [3.63, 3.8) is 0 Å². The normalized spacial score (nSPS) is 37.6. The van der Waals surface area contributed by atoms with Crippen molar-refractivity contribution < 1.29 is 33.6 Å². The highest BCUT2D eigenvalue weighted by molar-refractivity contribution is 5.61. The molecule has 0 heterocycles. The van der Waals surface area contributed by atoms with Crippen molar-refractivity contribution in [2.45, 2.75) is 104 Å². The lowest BCUT2D eigenvalue weighted by atomic mass is 9.49. The van der Waals surface area contributed by atoms with Crippen LogP contribution >= 0.6 is 0 Å². The summed E-state index contributed by atoms with van der Waals surface area (Å²) < 4.78 is 21.0. The van der Waals surface area contributed by atoms with Gasteiger partial charge in [0.2, 0.25) is 0 Å². The Balaban J connectivity index is 1.59. The maximum absolute atomic E-state index is 12.3. The van der Waals surface area contributed by atoms with Crippen LogP contribution in [0.2, 0.25) is 0 Å². The number of aliphatic hydroxyl groups is 1. The van der Waals surface area contributed by atoms with E-state index in [2.05, 4.69) is 46.8 Å². The number of methoxy groups -OCH3 is 2. The van der Waals surface area contributed by atoms with E-state index in [9.17, 15) is 14.7 Å². The van der Waals surface area contributed by atoms with Gasteiger partial charge in [0.05, 0.1) is 20.3 Å². The van der Waals surface area contributed by atoms with Gasteiger partial charge in [-0.25, -0.2) is 9.59 Å². The quantitative estimate of drug-likeness (QED) is 0.359. The van der Waals surface area contributed by atoms with Crippen LogP contribution in [0.5, 0.6) is 0 Å². The molecule has 9 atom stereocenters. The van der Waals surface area contributed by atoms with E-state index >= 15 is 0 Å². The molecule has 4 rings (SSSR count). The van der Waals surface area contributed by atoms with E-state index in [1.165, 1.54) is 32.6 Å². The van der Waals surface area contributed by atoms with Gasteiger partial charge in [-0.15, -0.1) is 0 Å². The van der Waals surface area contributed by atoms with E-state index < -0.39 is 24.5 Å². The average Bonchev–Trinajstić information content (AvgIpc) is 3.24. The fourth-order valence-electron chi connectivity index (χ4n) is 8.56. The molecule has 0 aromatic carbocycles. The first-order valence-corrected chi connectivity index (χ1v) is 14.5. The van der Waals surface area contributed by atoms with Gasteiger partial charge in [0.15, 0.2) is 0 Å². The molecule has 0 aliphatic heterocycles. The molecule has 0 radical (unpaired) electrons. The number of rotatable bonds is 7. The standard InChI is InChI=1S/C31H48O7/c1-18(2)26(32)13-8-19(3)23-11-12-24-22-10-9-20-16-21(37-28(33)35-6)17-27(38-29(34)36-7)31(20,5)25(22)14-15-30(23,24)4/h9-10,18-19,21,23-27,32H,8,11-17H2,1-7H3/t19-,21-,23-,24+,25+,26?,27+,30-,31+/m1/s1. The molecule has 214 valence electrons. The lowest BCUT2D eigenvalue weighted by molar-refractivity contribution is -0.0831. The smallest absolute Gasteiger partial charge is 0.438 e. The third kappa shape index (κ3) is 5.12. The molecule has 0 saturated heterocycles. The Bertz CT molecular complexity index is 954. The Morgan fingerprint density at radius 3 is 2.32 bits per heavy atom. The van der Waals surface area contributed by atoms with Gasteiger partial charge in [-0.3, -0.25) is 0 Å². The Morgan fingerprint density at radius 1 is 0.974 bits per heavy atom. The summed E-state index contributed by atoms with van der Waals surface area (Å²) in [4.78, 5) is 24.2. The second kappa shape index (κ2) is 11.2. The highest BCUT2D eigenvalue weighted by Crippen LogP contribution is 2.66. The van der Waals surface area contributed by atoms with Crippen molar-refractivity contribution in [3.05, 3.63) is 23.3 Å². The monoisotopic (exact) mass is 532 g/mol. The lowest BCUT2D eigenvalue weighted by Gasteiger charge is -2.57. The SMILES string of the molecule is COC(=O)O[C@@H]1CC2=CC=C3[C@@H]4CC[C@H]([C@H](C)CCC(O)C(C)C)[C@@]4(C)CC[C@@H]3[C@@]2(C)[C@@H](OC(=O)OC)C1. The van der Waals surface area contributed by atoms with Crippen LogP contribution in [-0.4, -0.2) is 49.9 Å². The van der Waals surface area contributed by atoms with E-state index in [0.29, 0.717) is 36.5 Å². The first kappa shape index (κ1) is 29.0. The highest BCUT2D eigenvalue weighted by atomic mass is 16.7. The summed E-state index contributed by atoms with van der Waals surface area (Å²) in [7, 11) is 2.62. The van der Waals surface area contributed by atoms with Crippen molar-refractivity contribution >= 4 is 12.3 Å². The van der Waals surface area contributed by atoms with Crippen molar-refractivity contribution in [1.29, 1.82) is 0 Å². The van der Waals surface area contributed by atoms with Crippen LogP contribution in [0.1, 0.15) is 86.0 Å². The second-order valence-corrected chi connectivity index (χ2v) is 13.0. The van der Waals surface area contributed by atoms with E-state index in [0.717, 1.165) is 31.3 Å². The average molecular weight is 533 g/mol. The Labute approximate surface area is 228 Å². The van der Waals surface area contributed by atoms with Crippen molar-refractivity contribution in [3.8, 4) is 0 Å². The summed E-state index contributed by atoms with van der Waals surface area (Å²) in [6, 6.07) is 0. The van der Waals surface area contributed by atoms with Gasteiger partial charge < -0.3 is 24.1 Å². The van der Waals surface area contributed by atoms with Crippen molar-refractivity contribution in [1.82, 2.24) is 0 Å². The molecule has 38 heavy (non-hydrogen) atoms. The Hall–Kier alpha value is -2.02. The molecular formula is C31H48O7. The van der Waals surface area contributed by atoms with Crippen molar-refractivity contribution in [2.75, 3.05) is 14.2 Å². The number of hydrogen-bond acceptors (Lipinski definition) is 7. The minimum Gasteiger partial charge on any atom is -0.438 e. The predicted octanol–water partition coefficient (Wildman–Crippen LogP) is 6.83. The first-order valence-electron chi connectivity index (χ1n) is 14.5. The second-order valence-electron chi connectivity index (χ2n) is 13.0. The fraction of sp³-hybridized carbons (Fsp3) is 0.806. The number of fused-ring (bicyclic) bond motifs is 5. The summed E-state index contributed by atoms with van der Waals surface area (Å²) >= 11 is 0. The third-order valence-electron chi connectivity index (χ3n) is 10.9. The molecule has 3 fully saturated rings. The lowest BCUT2D eigenvalue weighted by Crippen LogP contribution is -2.54. The predicted molar refractivity (Wildman–Crippen MR) is 144 cm³/mol.